The summed E-state index contributed by atoms with van der Waals surface area (Å²) in [4.78, 5) is 4.41. The highest BCUT2D eigenvalue weighted by Crippen LogP contribution is 2.23. The van der Waals surface area contributed by atoms with Gasteiger partial charge in [0.05, 0.1) is 31.9 Å². The van der Waals surface area contributed by atoms with E-state index in [2.05, 4.69) is 4.98 Å². The number of fused-ring (bicyclic) bond motifs is 1. The van der Waals surface area contributed by atoms with Crippen molar-refractivity contribution in [2.75, 3.05) is 26.1 Å². The molecule has 114 valence electrons. The van der Waals surface area contributed by atoms with Crippen molar-refractivity contribution >= 4 is 16.7 Å². The van der Waals surface area contributed by atoms with Crippen molar-refractivity contribution in [1.82, 2.24) is 4.98 Å². The molecule has 1 atom stereocenters. The minimum atomic E-state index is 0.0240. The van der Waals surface area contributed by atoms with Crippen molar-refractivity contribution in [3.63, 3.8) is 0 Å². The molecule has 0 saturated heterocycles. The van der Waals surface area contributed by atoms with Crippen LogP contribution in [0.1, 0.15) is 19.4 Å². The second-order valence-corrected chi connectivity index (χ2v) is 4.87. The molecule has 0 aliphatic rings. The molecule has 21 heavy (non-hydrogen) atoms. The number of ether oxygens (including phenoxy) is 3. The fourth-order valence-corrected chi connectivity index (χ4v) is 2.01. The van der Waals surface area contributed by atoms with E-state index < -0.39 is 0 Å². The van der Waals surface area contributed by atoms with Gasteiger partial charge in [-0.25, -0.2) is 4.98 Å². The van der Waals surface area contributed by atoms with Crippen molar-refractivity contribution in [2.45, 2.75) is 26.6 Å². The van der Waals surface area contributed by atoms with Crippen molar-refractivity contribution in [2.24, 2.45) is 0 Å². The molecule has 0 amide bonds. The standard InChI is InChI=1S/C16H22N2O3/c1-4-20-9-11(2)21-10-13-7-12-5-6-14(19-3)8-15(12)18-16(13)17/h5-8,11H,4,9-10H2,1-3H3,(H2,17,18). The maximum absolute atomic E-state index is 6.00. The Morgan fingerprint density at radius 2 is 2.10 bits per heavy atom. The van der Waals surface area contributed by atoms with E-state index in [0.29, 0.717) is 25.6 Å². The maximum Gasteiger partial charge on any atom is 0.129 e. The summed E-state index contributed by atoms with van der Waals surface area (Å²) in [5.74, 6) is 1.25. The van der Waals surface area contributed by atoms with Crippen LogP contribution in [0.3, 0.4) is 0 Å². The monoisotopic (exact) mass is 290 g/mol. The maximum atomic E-state index is 6.00. The van der Waals surface area contributed by atoms with Crippen LogP contribution in [0, 0.1) is 0 Å². The van der Waals surface area contributed by atoms with Crippen LogP contribution in [0.5, 0.6) is 5.75 Å². The van der Waals surface area contributed by atoms with Crippen LogP contribution >= 0.6 is 0 Å². The van der Waals surface area contributed by atoms with E-state index in [9.17, 15) is 0 Å². The summed E-state index contributed by atoms with van der Waals surface area (Å²) in [6, 6.07) is 7.74. The molecule has 1 aromatic carbocycles. The zero-order valence-corrected chi connectivity index (χ0v) is 12.8. The second kappa shape index (κ2) is 7.24. The minimum absolute atomic E-state index is 0.0240. The molecule has 0 radical (unpaired) electrons. The van der Waals surface area contributed by atoms with Crippen LogP contribution in [0.15, 0.2) is 24.3 Å². The normalized spacial score (nSPS) is 12.5. The molecule has 0 spiro atoms. The number of methoxy groups -OCH3 is 1. The van der Waals surface area contributed by atoms with E-state index in [1.807, 2.05) is 38.1 Å². The topological polar surface area (TPSA) is 66.6 Å². The van der Waals surface area contributed by atoms with Crippen molar-refractivity contribution in [3.8, 4) is 5.75 Å². The highest BCUT2D eigenvalue weighted by Gasteiger charge is 2.08. The van der Waals surface area contributed by atoms with Crippen LogP contribution in [-0.2, 0) is 16.1 Å². The van der Waals surface area contributed by atoms with Crippen LogP contribution in [-0.4, -0.2) is 31.4 Å². The van der Waals surface area contributed by atoms with E-state index in [0.717, 1.165) is 22.2 Å². The Morgan fingerprint density at radius 1 is 1.29 bits per heavy atom. The van der Waals surface area contributed by atoms with Gasteiger partial charge in [0.25, 0.3) is 0 Å². The van der Waals surface area contributed by atoms with Gasteiger partial charge in [0.15, 0.2) is 0 Å². The van der Waals surface area contributed by atoms with Crippen LogP contribution < -0.4 is 10.5 Å². The highest BCUT2D eigenvalue weighted by molar-refractivity contribution is 5.82. The number of nitrogens with two attached hydrogens (primary N) is 1. The zero-order valence-electron chi connectivity index (χ0n) is 12.8. The molecule has 2 N–H and O–H groups in total. The van der Waals surface area contributed by atoms with Gasteiger partial charge in [0.1, 0.15) is 11.6 Å². The molecular formula is C16H22N2O3. The number of aromatic nitrogens is 1. The molecule has 1 unspecified atom stereocenters. The Bertz CT molecular complexity index is 601. The van der Waals surface area contributed by atoms with Crippen molar-refractivity contribution in [1.29, 1.82) is 0 Å². The Kier molecular flexibility index (Phi) is 5.36. The lowest BCUT2D eigenvalue weighted by Crippen LogP contribution is -2.16. The molecular weight excluding hydrogens is 268 g/mol. The van der Waals surface area contributed by atoms with Crippen molar-refractivity contribution < 1.29 is 14.2 Å². The van der Waals surface area contributed by atoms with E-state index in [-0.39, 0.29) is 6.10 Å². The molecule has 0 bridgehead atoms. The second-order valence-electron chi connectivity index (χ2n) is 4.87. The smallest absolute Gasteiger partial charge is 0.129 e. The number of rotatable bonds is 7. The molecule has 0 aliphatic heterocycles. The van der Waals surface area contributed by atoms with Gasteiger partial charge in [-0.2, -0.15) is 0 Å². The number of nitrogens with zero attached hydrogens (tertiary/aromatic N) is 1. The quantitative estimate of drug-likeness (QED) is 0.849. The first-order chi connectivity index (χ1) is 10.1. The minimum Gasteiger partial charge on any atom is -0.497 e. The molecule has 2 rings (SSSR count). The predicted molar refractivity (Wildman–Crippen MR) is 83.5 cm³/mol. The molecule has 1 aromatic heterocycles. The number of hydrogen-bond acceptors (Lipinski definition) is 5. The molecule has 0 fully saturated rings. The molecule has 0 aliphatic carbocycles. The Hall–Kier alpha value is -1.85. The fraction of sp³-hybridized carbons (Fsp3) is 0.438. The van der Waals surface area contributed by atoms with Crippen LogP contribution in [0.25, 0.3) is 10.9 Å². The number of anilines is 1. The van der Waals surface area contributed by atoms with Gasteiger partial charge in [0, 0.05) is 23.6 Å². The molecule has 5 nitrogen and oxygen atoms in total. The summed E-state index contributed by atoms with van der Waals surface area (Å²) >= 11 is 0. The third kappa shape index (κ3) is 4.06. The number of nitrogen functional groups attached to an aromatic ring is 1. The lowest BCUT2D eigenvalue weighted by molar-refractivity contribution is -0.0115. The lowest BCUT2D eigenvalue weighted by atomic mass is 10.1. The van der Waals surface area contributed by atoms with E-state index in [1.165, 1.54) is 0 Å². The summed E-state index contributed by atoms with van der Waals surface area (Å²) in [5.41, 5.74) is 7.70. The zero-order chi connectivity index (χ0) is 15.2. The lowest BCUT2D eigenvalue weighted by Gasteiger charge is -2.14. The van der Waals surface area contributed by atoms with Gasteiger partial charge in [-0.15, -0.1) is 0 Å². The first-order valence-corrected chi connectivity index (χ1v) is 7.06. The van der Waals surface area contributed by atoms with Crippen molar-refractivity contribution in [3.05, 3.63) is 29.8 Å². The van der Waals surface area contributed by atoms with Gasteiger partial charge in [-0.3, -0.25) is 0 Å². The predicted octanol–water partition coefficient (Wildman–Crippen LogP) is 2.77. The first-order valence-electron chi connectivity index (χ1n) is 7.06. The summed E-state index contributed by atoms with van der Waals surface area (Å²) < 4.78 is 16.2. The van der Waals surface area contributed by atoms with E-state index in [4.69, 9.17) is 19.9 Å². The number of hydrogen-bond donors (Lipinski definition) is 1. The SMILES string of the molecule is CCOCC(C)OCc1cc2ccc(OC)cc2nc1N. The van der Waals surface area contributed by atoms with Crippen LogP contribution in [0.2, 0.25) is 0 Å². The molecule has 5 heteroatoms. The third-order valence-electron chi connectivity index (χ3n) is 3.22. The first kappa shape index (κ1) is 15.5. The highest BCUT2D eigenvalue weighted by atomic mass is 16.5. The number of benzene rings is 1. The van der Waals surface area contributed by atoms with Crippen LogP contribution in [0.4, 0.5) is 5.82 Å². The Balaban J connectivity index is 2.11. The number of pyridine rings is 1. The third-order valence-corrected chi connectivity index (χ3v) is 3.22. The average Bonchev–Trinajstić information content (AvgIpc) is 2.50. The Morgan fingerprint density at radius 3 is 2.81 bits per heavy atom. The van der Waals surface area contributed by atoms with Gasteiger partial charge >= 0.3 is 0 Å². The summed E-state index contributed by atoms with van der Waals surface area (Å²) in [6.07, 6.45) is 0.0240. The van der Waals surface area contributed by atoms with Gasteiger partial charge in [0.2, 0.25) is 0 Å². The average molecular weight is 290 g/mol. The van der Waals surface area contributed by atoms with Gasteiger partial charge < -0.3 is 19.9 Å². The van der Waals surface area contributed by atoms with E-state index in [1.54, 1.807) is 7.11 Å². The fourth-order valence-electron chi connectivity index (χ4n) is 2.01. The summed E-state index contributed by atoms with van der Waals surface area (Å²) in [7, 11) is 1.63. The summed E-state index contributed by atoms with van der Waals surface area (Å²) in [5, 5.41) is 1.01. The Labute approximate surface area is 125 Å². The van der Waals surface area contributed by atoms with E-state index >= 15 is 0 Å². The summed E-state index contributed by atoms with van der Waals surface area (Å²) in [6.45, 7) is 5.64. The molecule has 1 heterocycles. The van der Waals surface area contributed by atoms with Gasteiger partial charge in [-0.1, -0.05) is 0 Å². The van der Waals surface area contributed by atoms with Gasteiger partial charge in [-0.05, 0) is 32.0 Å². The molecule has 2 aromatic rings. The molecule has 0 saturated carbocycles. The largest absolute Gasteiger partial charge is 0.497 e.